The Morgan fingerprint density at radius 1 is 1.29 bits per heavy atom. The lowest BCUT2D eigenvalue weighted by Gasteiger charge is -2.12. The van der Waals surface area contributed by atoms with Crippen LogP contribution < -0.4 is 15.6 Å². The molecule has 0 saturated heterocycles. The number of hydrogen-bond donors (Lipinski definition) is 1. The Morgan fingerprint density at radius 3 is 2.68 bits per heavy atom. The van der Waals surface area contributed by atoms with Gasteiger partial charge in [0.15, 0.2) is 0 Å². The monoisotopic (exact) mass is 421 g/mol. The summed E-state index contributed by atoms with van der Waals surface area (Å²) in [6.07, 6.45) is 2.28. The summed E-state index contributed by atoms with van der Waals surface area (Å²) in [7, 11) is 3.42. The van der Waals surface area contributed by atoms with Gasteiger partial charge in [0, 0.05) is 18.6 Å². The molecule has 0 saturated carbocycles. The Bertz CT molecular complexity index is 1070. The van der Waals surface area contributed by atoms with Crippen LogP contribution in [0.25, 0.3) is 5.69 Å². The topological polar surface area (TPSA) is 74.0 Å². The Kier molecular flexibility index (Phi) is 5.96. The van der Waals surface area contributed by atoms with Crippen molar-refractivity contribution in [1.82, 2.24) is 19.6 Å². The molecule has 2 aromatic heterocycles. The summed E-state index contributed by atoms with van der Waals surface area (Å²) in [5.41, 5.74) is 3.31. The van der Waals surface area contributed by atoms with Crippen molar-refractivity contribution in [2.75, 3.05) is 12.4 Å². The molecule has 0 amide bonds. The third kappa shape index (κ3) is 3.72. The van der Waals surface area contributed by atoms with E-state index in [1.54, 1.807) is 23.9 Å². The van der Waals surface area contributed by atoms with E-state index in [2.05, 4.69) is 15.5 Å². The van der Waals surface area contributed by atoms with Crippen molar-refractivity contribution in [2.24, 2.45) is 7.05 Å². The molecule has 7 nitrogen and oxygen atoms in total. The van der Waals surface area contributed by atoms with Crippen LogP contribution in [0.2, 0.25) is 10.0 Å². The summed E-state index contributed by atoms with van der Waals surface area (Å²) < 4.78 is 8.34. The molecule has 0 unspecified atom stereocenters. The number of nitrogens with zero attached hydrogens (tertiary/aromatic N) is 4. The molecule has 3 aromatic rings. The van der Waals surface area contributed by atoms with E-state index in [-0.39, 0.29) is 5.02 Å². The van der Waals surface area contributed by atoms with Crippen LogP contribution in [-0.4, -0.2) is 26.7 Å². The van der Waals surface area contributed by atoms with Crippen LogP contribution in [0.3, 0.4) is 0 Å². The minimum absolute atomic E-state index is 0.0487. The van der Waals surface area contributed by atoms with Crippen LogP contribution in [-0.2, 0) is 20.0 Å². The van der Waals surface area contributed by atoms with Crippen molar-refractivity contribution in [2.45, 2.75) is 26.8 Å². The molecule has 0 aliphatic heterocycles. The van der Waals surface area contributed by atoms with Crippen molar-refractivity contribution >= 4 is 28.9 Å². The van der Waals surface area contributed by atoms with Gasteiger partial charge in [0.25, 0.3) is 5.56 Å². The van der Waals surface area contributed by atoms with E-state index in [4.69, 9.17) is 27.9 Å². The summed E-state index contributed by atoms with van der Waals surface area (Å²) in [5, 5.41) is 12.4. The summed E-state index contributed by atoms with van der Waals surface area (Å²) in [4.78, 5) is 12.7. The number of methoxy groups -OCH3 is 1. The summed E-state index contributed by atoms with van der Waals surface area (Å²) in [5.74, 6) is 0.663. The number of rotatable bonds is 6. The predicted molar refractivity (Wildman–Crippen MR) is 111 cm³/mol. The average molecular weight is 422 g/mol. The molecule has 148 valence electrons. The quantitative estimate of drug-likeness (QED) is 0.655. The average Bonchev–Trinajstić information content (AvgIpc) is 3.00. The normalized spacial score (nSPS) is 10.9. The molecule has 1 N–H and O–H groups in total. The SMILES string of the molecule is CCc1nn(C)c(OC)c1CNc1cnn(-c2ccc(C)c(Cl)c2)c(=O)c1Cl. The number of halogens is 2. The van der Waals surface area contributed by atoms with E-state index in [0.717, 1.165) is 23.2 Å². The first-order chi connectivity index (χ1) is 13.4. The van der Waals surface area contributed by atoms with E-state index in [9.17, 15) is 4.79 Å². The van der Waals surface area contributed by atoms with E-state index < -0.39 is 5.56 Å². The van der Waals surface area contributed by atoms with Crippen molar-refractivity contribution in [3.05, 3.63) is 61.6 Å². The molecule has 0 aliphatic carbocycles. The fraction of sp³-hybridized carbons (Fsp3) is 0.316. The van der Waals surface area contributed by atoms with Crippen molar-refractivity contribution < 1.29 is 4.74 Å². The van der Waals surface area contributed by atoms with Gasteiger partial charge >= 0.3 is 0 Å². The number of aromatic nitrogens is 4. The lowest BCUT2D eigenvalue weighted by Crippen LogP contribution is -2.22. The molecule has 2 heterocycles. The zero-order valence-corrected chi connectivity index (χ0v) is 17.6. The minimum Gasteiger partial charge on any atom is -0.481 e. The summed E-state index contributed by atoms with van der Waals surface area (Å²) in [6, 6.07) is 5.28. The maximum absolute atomic E-state index is 12.7. The number of aryl methyl sites for hydroxylation is 3. The first-order valence-corrected chi connectivity index (χ1v) is 9.49. The molecule has 0 radical (unpaired) electrons. The zero-order chi connectivity index (χ0) is 20.4. The number of benzene rings is 1. The van der Waals surface area contributed by atoms with E-state index in [1.807, 2.05) is 27.0 Å². The highest BCUT2D eigenvalue weighted by molar-refractivity contribution is 6.33. The molecule has 0 fully saturated rings. The van der Waals surface area contributed by atoms with Crippen LogP contribution in [0.5, 0.6) is 5.88 Å². The van der Waals surface area contributed by atoms with Gasteiger partial charge in [0.05, 0.1) is 35.9 Å². The number of nitrogens with one attached hydrogen (secondary N) is 1. The molecular formula is C19H21Cl2N5O2. The van der Waals surface area contributed by atoms with E-state index >= 15 is 0 Å². The Hall–Kier alpha value is -2.51. The molecule has 3 rings (SSSR count). The van der Waals surface area contributed by atoms with Gasteiger partial charge in [-0.2, -0.15) is 14.9 Å². The lowest BCUT2D eigenvalue weighted by atomic mass is 10.2. The third-order valence-electron chi connectivity index (χ3n) is 4.47. The number of hydrogen-bond acceptors (Lipinski definition) is 5. The molecule has 28 heavy (non-hydrogen) atoms. The Morgan fingerprint density at radius 2 is 2.04 bits per heavy atom. The molecule has 0 aliphatic rings. The summed E-state index contributed by atoms with van der Waals surface area (Å²) in [6.45, 7) is 4.31. The van der Waals surface area contributed by atoms with Crippen LogP contribution in [0.4, 0.5) is 5.69 Å². The maximum Gasteiger partial charge on any atom is 0.292 e. The third-order valence-corrected chi connectivity index (χ3v) is 5.25. The second kappa shape index (κ2) is 8.24. The fourth-order valence-corrected chi connectivity index (χ4v) is 3.33. The van der Waals surface area contributed by atoms with E-state index in [0.29, 0.717) is 28.8 Å². The molecule has 0 bridgehead atoms. The highest BCUT2D eigenvalue weighted by atomic mass is 35.5. The zero-order valence-electron chi connectivity index (χ0n) is 16.1. The first kappa shape index (κ1) is 20.2. The highest BCUT2D eigenvalue weighted by Gasteiger charge is 2.17. The Balaban J connectivity index is 1.90. The maximum atomic E-state index is 12.7. The molecule has 9 heteroatoms. The summed E-state index contributed by atoms with van der Waals surface area (Å²) >= 11 is 12.5. The lowest BCUT2D eigenvalue weighted by molar-refractivity contribution is 0.370. The smallest absolute Gasteiger partial charge is 0.292 e. The van der Waals surface area contributed by atoms with Crippen LogP contribution in [0.15, 0.2) is 29.2 Å². The van der Waals surface area contributed by atoms with Crippen LogP contribution in [0.1, 0.15) is 23.7 Å². The fourth-order valence-electron chi connectivity index (χ4n) is 2.96. The number of ether oxygens (including phenoxy) is 1. The minimum atomic E-state index is -0.430. The standard InChI is InChI=1S/C19H21Cl2N5O2/c1-5-15-13(19(28-4)25(3)24-15)9-22-16-10-23-26(18(27)17(16)21)12-7-6-11(2)14(20)8-12/h6-8,10,22H,5,9H2,1-4H3. The van der Waals surface area contributed by atoms with Gasteiger partial charge in [-0.3, -0.25) is 4.79 Å². The first-order valence-electron chi connectivity index (χ1n) is 8.74. The van der Waals surface area contributed by atoms with Gasteiger partial charge in [-0.15, -0.1) is 0 Å². The van der Waals surface area contributed by atoms with Gasteiger partial charge in [0.2, 0.25) is 5.88 Å². The van der Waals surface area contributed by atoms with Gasteiger partial charge in [0.1, 0.15) is 5.02 Å². The molecule has 0 atom stereocenters. The molecular weight excluding hydrogens is 401 g/mol. The molecule has 0 spiro atoms. The largest absolute Gasteiger partial charge is 0.481 e. The van der Waals surface area contributed by atoms with Gasteiger partial charge in [-0.1, -0.05) is 36.2 Å². The second-order valence-corrected chi connectivity index (χ2v) is 7.07. The highest BCUT2D eigenvalue weighted by Crippen LogP contribution is 2.25. The number of anilines is 1. The van der Waals surface area contributed by atoms with Crippen LogP contribution >= 0.6 is 23.2 Å². The predicted octanol–water partition coefficient (Wildman–Crippen LogP) is 3.76. The van der Waals surface area contributed by atoms with E-state index in [1.165, 1.54) is 10.9 Å². The van der Waals surface area contributed by atoms with Gasteiger partial charge in [-0.25, -0.2) is 4.68 Å². The molecule has 1 aromatic carbocycles. The van der Waals surface area contributed by atoms with Gasteiger partial charge in [-0.05, 0) is 31.0 Å². The Labute approximate surface area is 172 Å². The van der Waals surface area contributed by atoms with Crippen molar-refractivity contribution in [3.63, 3.8) is 0 Å². The van der Waals surface area contributed by atoms with Gasteiger partial charge < -0.3 is 10.1 Å². The second-order valence-electron chi connectivity index (χ2n) is 6.29. The van der Waals surface area contributed by atoms with Crippen molar-refractivity contribution in [1.29, 1.82) is 0 Å². The van der Waals surface area contributed by atoms with Crippen LogP contribution in [0, 0.1) is 6.92 Å². The van der Waals surface area contributed by atoms with Crippen molar-refractivity contribution in [3.8, 4) is 11.6 Å².